The first-order valence-electron chi connectivity index (χ1n) is 7.94. The van der Waals surface area contributed by atoms with Gasteiger partial charge in [-0.25, -0.2) is 0 Å². The van der Waals surface area contributed by atoms with E-state index in [0.29, 0.717) is 5.92 Å². The highest BCUT2D eigenvalue weighted by atomic mass is 16.5. The van der Waals surface area contributed by atoms with Gasteiger partial charge >= 0.3 is 0 Å². The molecule has 1 aromatic carbocycles. The molecule has 0 aliphatic carbocycles. The SMILES string of the molecule is CC1Nc2ccccc2CC1C(=O)NCC1CCCOC1. The minimum absolute atomic E-state index is 0.00408. The molecule has 2 aliphatic heterocycles. The van der Waals surface area contributed by atoms with Crippen molar-refractivity contribution in [2.75, 3.05) is 25.1 Å². The molecule has 1 amide bonds. The van der Waals surface area contributed by atoms with Crippen molar-refractivity contribution in [1.29, 1.82) is 0 Å². The second-order valence-corrected chi connectivity index (χ2v) is 6.23. The normalized spacial score (nSPS) is 28.3. The van der Waals surface area contributed by atoms with Gasteiger partial charge in [0.1, 0.15) is 0 Å². The standard InChI is InChI=1S/C17H24N2O2/c1-12-15(9-14-6-2-3-7-16(14)19-12)17(20)18-10-13-5-4-8-21-11-13/h2-3,6-7,12-13,15,19H,4-5,8-11H2,1H3,(H,18,20). The third-order valence-corrected chi connectivity index (χ3v) is 4.60. The third-order valence-electron chi connectivity index (χ3n) is 4.60. The van der Waals surface area contributed by atoms with Crippen LogP contribution in [0.2, 0.25) is 0 Å². The van der Waals surface area contributed by atoms with E-state index in [1.165, 1.54) is 5.56 Å². The highest BCUT2D eigenvalue weighted by molar-refractivity contribution is 5.81. The summed E-state index contributed by atoms with van der Waals surface area (Å²) in [4.78, 5) is 12.5. The second-order valence-electron chi connectivity index (χ2n) is 6.23. The molecule has 3 unspecified atom stereocenters. The average Bonchev–Trinajstić information content (AvgIpc) is 2.53. The fourth-order valence-corrected chi connectivity index (χ4v) is 3.26. The Bertz CT molecular complexity index is 497. The monoisotopic (exact) mass is 288 g/mol. The lowest BCUT2D eigenvalue weighted by molar-refractivity contribution is -0.125. The van der Waals surface area contributed by atoms with Crippen LogP contribution in [-0.2, 0) is 16.0 Å². The summed E-state index contributed by atoms with van der Waals surface area (Å²) in [6.45, 7) is 4.47. The molecule has 3 rings (SSSR count). The Morgan fingerprint density at radius 3 is 3.10 bits per heavy atom. The summed E-state index contributed by atoms with van der Waals surface area (Å²) < 4.78 is 5.46. The number of amides is 1. The Hall–Kier alpha value is -1.55. The van der Waals surface area contributed by atoms with Crippen LogP contribution in [0.1, 0.15) is 25.3 Å². The first-order chi connectivity index (χ1) is 10.2. The molecule has 0 bridgehead atoms. The number of anilines is 1. The van der Waals surface area contributed by atoms with E-state index >= 15 is 0 Å². The topological polar surface area (TPSA) is 50.4 Å². The molecule has 114 valence electrons. The molecule has 2 heterocycles. The Morgan fingerprint density at radius 1 is 1.43 bits per heavy atom. The molecular formula is C17H24N2O2. The van der Waals surface area contributed by atoms with Crippen molar-refractivity contribution in [2.24, 2.45) is 11.8 Å². The van der Waals surface area contributed by atoms with Crippen LogP contribution in [0.25, 0.3) is 0 Å². The second kappa shape index (κ2) is 6.48. The molecule has 2 N–H and O–H groups in total. The highest BCUT2D eigenvalue weighted by Crippen LogP contribution is 2.28. The Morgan fingerprint density at radius 2 is 2.29 bits per heavy atom. The van der Waals surface area contributed by atoms with Gasteiger partial charge in [0, 0.05) is 24.9 Å². The number of hydrogen-bond donors (Lipinski definition) is 2. The zero-order valence-corrected chi connectivity index (χ0v) is 12.6. The molecule has 3 atom stereocenters. The van der Waals surface area contributed by atoms with Crippen LogP contribution < -0.4 is 10.6 Å². The number of para-hydroxylation sites is 1. The molecule has 0 saturated carbocycles. The summed E-state index contributed by atoms with van der Waals surface area (Å²) in [7, 11) is 0. The van der Waals surface area contributed by atoms with Crippen molar-refractivity contribution >= 4 is 11.6 Å². The van der Waals surface area contributed by atoms with E-state index in [9.17, 15) is 4.79 Å². The highest BCUT2D eigenvalue weighted by Gasteiger charge is 2.30. The van der Waals surface area contributed by atoms with E-state index in [-0.39, 0.29) is 17.9 Å². The molecule has 0 radical (unpaired) electrons. The van der Waals surface area contributed by atoms with E-state index < -0.39 is 0 Å². The molecule has 21 heavy (non-hydrogen) atoms. The molecule has 1 aromatic rings. The number of nitrogens with one attached hydrogen (secondary N) is 2. The first kappa shape index (κ1) is 14.4. The summed E-state index contributed by atoms with van der Waals surface area (Å²) in [5.41, 5.74) is 2.39. The maximum atomic E-state index is 12.5. The van der Waals surface area contributed by atoms with Gasteiger partial charge in [-0.2, -0.15) is 0 Å². The van der Waals surface area contributed by atoms with Crippen LogP contribution in [0.15, 0.2) is 24.3 Å². The molecular weight excluding hydrogens is 264 g/mol. The van der Waals surface area contributed by atoms with Crippen molar-refractivity contribution in [2.45, 2.75) is 32.2 Å². The Balaban J connectivity index is 1.57. The third kappa shape index (κ3) is 3.38. The van der Waals surface area contributed by atoms with Crippen LogP contribution >= 0.6 is 0 Å². The quantitative estimate of drug-likeness (QED) is 0.896. The summed E-state index contributed by atoms with van der Waals surface area (Å²) in [6.07, 6.45) is 3.08. The van der Waals surface area contributed by atoms with Crippen LogP contribution in [0.3, 0.4) is 0 Å². The van der Waals surface area contributed by atoms with Gasteiger partial charge in [0.15, 0.2) is 0 Å². The molecule has 0 aromatic heterocycles. The lowest BCUT2D eigenvalue weighted by Crippen LogP contribution is -2.45. The van der Waals surface area contributed by atoms with E-state index in [1.807, 2.05) is 12.1 Å². The predicted molar refractivity (Wildman–Crippen MR) is 83.3 cm³/mol. The minimum Gasteiger partial charge on any atom is -0.382 e. The smallest absolute Gasteiger partial charge is 0.225 e. The fraction of sp³-hybridized carbons (Fsp3) is 0.588. The van der Waals surface area contributed by atoms with E-state index in [0.717, 1.165) is 44.7 Å². The van der Waals surface area contributed by atoms with Crippen LogP contribution in [0, 0.1) is 11.8 Å². The van der Waals surface area contributed by atoms with Gasteiger partial charge in [-0.15, -0.1) is 0 Å². The van der Waals surface area contributed by atoms with Crippen LogP contribution in [-0.4, -0.2) is 31.7 Å². The molecule has 0 spiro atoms. The number of carbonyl (C=O) groups is 1. The number of carbonyl (C=O) groups excluding carboxylic acids is 1. The molecule has 1 saturated heterocycles. The van der Waals surface area contributed by atoms with E-state index in [4.69, 9.17) is 4.74 Å². The summed E-state index contributed by atoms with van der Waals surface area (Å²) in [5, 5.41) is 6.57. The molecule has 1 fully saturated rings. The van der Waals surface area contributed by atoms with Crippen molar-refractivity contribution in [3.05, 3.63) is 29.8 Å². The van der Waals surface area contributed by atoms with Crippen molar-refractivity contribution in [3.63, 3.8) is 0 Å². The molecule has 2 aliphatic rings. The number of rotatable bonds is 3. The zero-order valence-electron chi connectivity index (χ0n) is 12.6. The number of benzene rings is 1. The maximum absolute atomic E-state index is 12.5. The predicted octanol–water partition coefficient (Wildman–Crippen LogP) is 2.20. The Kier molecular flexibility index (Phi) is 4.44. The Labute approximate surface area is 126 Å². The van der Waals surface area contributed by atoms with Gasteiger partial charge in [0.05, 0.1) is 12.5 Å². The van der Waals surface area contributed by atoms with Crippen molar-refractivity contribution < 1.29 is 9.53 Å². The average molecular weight is 288 g/mol. The fourth-order valence-electron chi connectivity index (χ4n) is 3.26. The van der Waals surface area contributed by atoms with Gasteiger partial charge in [0.25, 0.3) is 0 Å². The number of hydrogen-bond acceptors (Lipinski definition) is 3. The van der Waals surface area contributed by atoms with Crippen LogP contribution in [0.4, 0.5) is 5.69 Å². The summed E-state index contributed by atoms with van der Waals surface area (Å²) >= 11 is 0. The number of fused-ring (bicyclic) bond motifs is 1. The van der Waals surface area contributed by atoms with Crippen LogP contribution in [0.5, 0.6) is 0 Å². The molecule has 4 heteroatoms. The van der Waals surface area contributed by atoms with Gasteiger partial charge in [0.2, 0.25) is 5.91 Å². The lowest BCUT2D eigenvalue weighted by Gasteiger charge is -2.32. The van der Waals surface area contributed by atoms with E-state index in [2.05, 4.69) is 29.7 Å². The number of ether oxygens (including phenoxy) is 1. The van der Waals surface area contributed by atoms with Gasteiger partial charge < -0.3 is 15.4 Å². The summed E-state index contributed by atoms with van der Waals surface area (Å²) in [5.74, 6) is 0.640. The van der Waals surface area contributed by atoms with Crippen molar-refractivity contribution in [3.8, 4) is 0 Å². The minimum atomic E-state index is 0.00408. The largest absolute Gasteiger partial charge is 0.382 e. The van der Waals surface area contributed by atoms with Crippen molar-refractivity contribution in [1.82, 2.24) is 5.32 Å². The lowest BCUT2D eigenvalue weighted by atomic mass is 9.87. The van der Waals surface area contributed by atoms with Gasteiger partial charge in [-0.3, -0.25) is 4.79 Å². The summed E-state index contributed by atoms with van der Waals surface area (Å²) in [6, 6.07) is 8.41. The van der Waals surface area contributed by atoms with E-state index in [1.54, 1.807) is 0 Å². The van der Waals surface area contributed by atoms with Gasteiger partial charge in [-0.05, 0) is 43.7 Å². The maximum Gasteiger partial charge on any atom is 0.225 e. The van der Waals surface area contributed by atoms with Gasteiger partial charge in [-0.1, -0.05) is 18.2 Å². The zero-order chi connectivity index (χ0) is 14.7. The first-order valence-corrected chi connectivity index (χ1v) is 7.94. The molecule has 4 nitrogen and oxygen atoms in total.